The minimum Gasteiger partial charge on any atom is -0.792 e. The molecule has 0 aromatic rings. The first-order chi connectivity index (χ1) is 4.76. The summed E-state index contributed by atoms with van der Waals surface area (Å²) < 4.78 is 4.49. The molecule has 0 aromatic heterocycles. The third-order valence-electron chi connectivity index (χ3n) is 0.748. The Morgan fingerprint density at radius 2 is 2.40 bits per heavy atom. The third kappa shape index (κ3) is 2.82. The van der Waals surface area contributed by atoms with Gasteiger partial charge in [-0.2, -0.15) is 0 Å². The lowest BCUT2D eigenvalue weighted by atomic mass is 10.4. The molecule has 0 radical (unpaired) electrons. The summed E-state index contributed by atoms with van der Waals surface area (Å²) in [6, 6.07) is 0. The van der Waals surface area contributed by atoms with Gasteiger partial charge >= 0.3 is 5.97 Å². The molecule has 0 saturated carbocycles. The predicted octanol–water partition coefficient (Wildman–Crippen LogP) is 0.883. The topological polar surface area (TPSA) is 61.7 Å². The Hall–Kier alpha value is -0.580. The van der Waals surface area contributed by atoms with E-state index >= 15 is 0 Å². The molecule has 0 aromatic carbocycles. The van der Waals surface area contributed by atoms with Crippen molar-refractivity contribution in [2.75, 3.05) is 11.9 Å². The monoisotopic (exact) mass is 208 g/mol. The molecule has 58 valence electrons. The van der Waals surface area contributed by atoms with Crippen molar-refractivity contribution >= 4 is 27.6 Å². The van der Waals surface area contributed by atoms with Crippen LogP contribution in [0, 0.1) is 5.21 Å². The van der Waals surface area contributed by atoms with Crippen LogP contribution < -0.4 is 0 Å². The van der Waals surface area contributed by atoms with Gasteiger partial charge in [0.05, 0.1) is 11.9 Å². The second-order valence-electron chi connectivity index (χ2n) is 1.39. The fraction of sp³-hybridized carbons (Fsp3) is 0.600. The lowest BCUT2D eigenvalue weighted by molar-refractivity contribution is -0.135. The zero-order valence-electron chi connectivity index (χ0n) is 5.46. The lowest BCUT2D eigenvalue weighted by Crippen LogP contribution is -2.18. The third-order valence-corrected chi connectivity index (χ3v) is 1.28. The fourth-order valence-electron chi connectivity index (χ4n) is 0.331. The number of hydrogen-bond acceptors (Lipinski definition) is 4. The molecule has 0 N–H and O–H groups in total. The molecule has 0 aliphatic carbocycles. The minimum atomic E-state index is -0.658. The Morgan fingerprint density at radius 1 is 1.80 bits per heavy atom. The van der Waals surface area contributed by atoms with Gasteiger partial charge in [-0.15, -0.1) is 0 Å². The van der Waals surface area contributed by atoms with Crippen LogP contribution in [0.4, 0.5) is 0 Å². The van der Waals surface area contributed by atoms with Gasteiger partial charge in [-0.1, -0.05) is 15.9 Å². The molecule has 10 heavy (non-hydrogen) atoms. The first-order valence-electron chi connectivity index (χ1n) is 2.68. The Kier molecular flexibility index (Phi) is 4.92. The smallest absolute Gasteiger partial charge is 0.352 e. The van der Waals surface area contributed by atoms with Gasteiger partial charge in [-0.05, 0) is 6.92 Å². The Labute approximate surface area is 67.0 Å². The van der Waals surface area contributed by atoms with E-state index in [0.29, 0.717) is 0 Å². The summed E-state index contributed by atoms with van der Waals surface area (Å²) in [5.41, 5.74) is -0.137. The van der Waals surface area contributed by atoms with Crippen molar-refractivity contribution in [2.45, 2.75) is 6.92 Å². The summed E-state index contributed by atoms with van der Waals surface area (Å²) in [5.74, 6) is -0.658. The van der Waals surface area contributed by atoms with Crippen LogP contribution in [0.25, 0.3) is 0 Å². The normalized spacial score (nSPS) is 11.2. The average Bonchev–Trinajstić information content (AvgIpc) is 1.91. The molecule has 0 atom stereocenters. The van der Waals surface area contributed by atoms with Crippen molar-refractivity contribution in [1.29, 1.82) is 0 Å². The van der Waals surface area contributed by atoms with Gasteiger partial charge in [0, 0.05) is 0 Å². The van der Waals surface area contributed by atoms with E-state index in [1.165, 1.54) is 0 Å². The predicted molar refractivity (Wildman–Crippen MR) is 41.2 cm³/mol. The summed E-state index contributed by atoms with van der Waals surface area (Å²) in [6.07, 6.45) is 0. The molecule has 0 heterocycles. The van der Waals surface area contributed by atoms with Gasteiger partial charge in [0.1, 0.15) is 5.71 Å². The molecule has 5 heteroatoms. The van der Waals surface area contributed by atoms with Gasteiger partial charge < -0.3 is 15.1 Å². The number of nitrogens with zero attached hydrogens (tertiary/aromatic N) is 1. The van der Waals surface area contributed by atoms with Crippen molar-refractivity contribution in [3.63, 3.8) is 0 Å². The summed E-state index contributed by atoms with van der Waals surface area (Å²) >= 11 is 2.91. The fourth-order valence-corrected chi connectivity index (χ4v) is 0.662. The van der Waals surface area contributed by atoms with E-state index in [2.05, 4.69) is 25.8 Å². The molecule has 0 amide bonds. The second-order valence-corrected chi connectivity index (χ2v) is 1.95. The maximum Gasteiger partial charge on any atom is 0.352 e. The van der Waals surface area contributed by atoms with Crippen LogP contribution in [-0.4, -0.2) is 23.6 Å². The summed E-state index contributed by atoms with van der Waals surface area (Å²) in [7, 11) is 0. The molecule has 0 aliphatic rings. The van der Waals surface area contributed by atoms with Crippen LogP contribution in [0.5, 0.6) is 0 Å². The van der Waals surface area contributed by atoms with Gasteiger partial charge in [-0.3, -0.25) is 0 Å². The van der Waals surface area contributed by atoms with Crippen molar-refractivity contribution in [3.8, 4) is 0 Å². The molecule has 0 aliphatic heterocycles. The first kappa shape index (κ1) is 9.42. The zero-order chi connectivity index (χ0) is 7.98. The van der Waals surface area contributed by atoms with Gasteiger partial charge in [0.2, 0.25) is 0 Å². The second kappa shape index (κ2) is 5.22. The van der Waals surface area contributed by atoms with Crippen LogP contribution in [0.1, 0.15) is 6.92 Å². The number of carbonyl (C=O) groups excluding carboxylic acids is 1. The molecule has 0 unspecified atom stereocenters. The van der Waals surface area contributed by atoms with Gasteiger partial charge in [0.25, 0.3) is 0 Å². The number of ether oxygens (including phenoxy) is 1. The molecule has 0 fully saturated rings. The lowest BCUT2D eigenvalue weighted by Gasteiger charge is -2.03. The minimum absolute atomic E-state index is 0.134. The highest BCUT2D eigenvalue weighted by Crippen LogP contribution is 1.90. The van der Waals surface area contributed by atoms with Crippen LogP contribution in [0.15, 0.2) is 5.16 Å². The molecule has 0 bridgehead atoms. The van der Waals surface area contributed by atoms with Crippen LogP contribution in [0.3, 0.4) is 0 Å². The van der Waals surface area contributed by atoms with Gasteiger partial charge in [0.15, 0.2) is 0 Å². The number of hydrogen-bond donors (Lipinski definition) is 0. The van der Waals surface area contributed by atoms with E-state index < -0.39 is 5.97 Å². The number of halogens is 1. The van der Waals surface area contributed by atoms with Crippen molar-refractivity contribution in [2.24, 2.45) is 5.16 Å². The Balaban J connectivity index is 3.91. The quantitative estimate of drug-likeness (QED) is 0.300. The Bertz CT molecular complexity index is 146. The Morgan fingerprint density at radius 3 is 2.70 bits per heavy atom. The van der Waals surface area contributed by atoms with Crippen molar-refractivity contribution in [1.82, 2.24) is 0 Å². The van der Waals surface area contributed by atoms with E-state index in [1.54, 1.807) is 6.92 Å². The highest BCUT2D eigenvalue weighted by Gasteiger charge is 2.07. The number of rotatable bonds is 3. The standard InChI is InChI=1S/C5H8BrNO3/c1-2-10-5(8)4(3-6)7-9/h9H,2-3H2,1H3/p-1/b7-4+. The number of esters is 1. The highest BCUT2D eigenvalue weighted by atomic mass is 79.9. The maximum absolute atomic E-state index is 10.6. The molecule has 0 rings (SSSR count). The van der Waals surface area contributed by atoms with E-state index in [-0.39, 0.29) is 17.6 Å². The van der Waals surface area contributed by atoms with Gasteiger partial charge in [-0.25, -0.2) is 4.79 Å². The van der Waals surface area contributed by atoms with Crippen molar-refractivity contribution < 1.29 is 9.53 Å². The van der Waals surface area contributed by atoms with E-state index in [9.17, 15) is 10.0 Å². The SMILES string of the molecule is CCOC(=O)/C(CBr)=N/[O-]. The molecule has 0 spiro atoms. The van der Waals surface area contributed by atoms with Crippen LogP contribution in [0.2, 0.25) is 0 Å². The molecule has 0 saturated heterocycles. The maximum atomic E-state index is 10.6. The summed E-state index contributed by atoms with van der Waals surface area (Å²) in [5, 5.41) is 12.4. The zero-order valence-corrected chi connectivity index (χ0v) is 7.05. The van der Waals surface area contributed by atoms with E-state index in [1.807, 2.05) is 0 Å². The highest BCUT2D eigenvalue weighted by molar-refractivity contribution is 9.09. The average molecular weight is 209 g/mol. The molecule has 4 nitrogen and oxygen atoms in total. The molecular formula is C5H7BrNO3-. The van der Waals surface area contributed by atoms with Crippen molar-refractivity contribution in [3.05, 3.63) is 5.21 Å². The van der Waals surface area contributed by atoms with Crippen LogP contribution in [-0.2, 0) is 9.53 Å². The van der Waals surface area contributed by atoms with E-state index in [0.717, 1.165) is 0 Å². The van der Waals surface area contributed by atoms with Crippen LogP contribution >= 0.6 is 15.9 Å². The molecular weight excluding hydrogens is 202 g/mol. The first-order valence-corrected chi connectivity index (χ1v) is 3.80. The van der Waals surface area contributed by atoms with E-state index in [4.69, 9.17) is 0 Å². The largest absolute Gasteiger partial charge is 0.792 e. The number of carbonyl (C=O) groups is 1. The number of alkyl halides is 1. The summed E-state index contributed by atoms with van der Waals surface area (Å²) in [4.78, 5) is 10.6. The summed E-state index contributed by atoms with van der Waals surface area (Å²) in [6.45, 7) is 1.92.